The van der Waals surface area contributed by atoms with Crippen LogP contribution in [0.3, 0.4) is 0 Å². The average molecular weight is 673 g/mol. The molecule has 3 aromatic rings. The van der Waals surface area contributed by atoms with Crippen molar-refractivity contribution in [3.8, 4) is 5.75 Å². The van der Waals surface area contributed by atoms with Gasteiger partial charge in [-0.25, -0.2) is 0 Å². The Kier molecular flexibility index (Phi) is 14.2. The number of hydrogen-bond donors (Lipinski definition) is 4. The lowest BCUT2D eigenvalue weighted by Crippen LogP contribution is -2.61. The molecule has 3 amide bonds. The number of carbonyl (C=O) groups excluding carboxylic acids is 3. The molecule has 3 aromatic carbocycles. The second-order valence-corrected chi connectivity index (χ2v) is 12.9. The molecule has 1 fully saturated rings. The second-order valence-electron chi connectivity index (χ2n) is 12.9. The fourth-order valence-corrected chi connectivity index (χ4v) is 6.62. The number of ether oxygens (including phenoxy) is 2. The Morgan fingerprint density at radius 2 is 1.63 bits per heavy atom. The summed E-state index contributed by atoms with van der Waals surface area (Å²) in [7, 11) is 3.06. The molecule has 1 aliphatic rings. The van der Waals surface area contributed by atoms with Gasteiger partial charge >= 0.3 is 0 Å². The summed E-state index contributed by atoms with van der Waals surface area (Å²) in [4.78, 5) is 43.2. The molecule has 0 unspecified atom stereocenters. The Labute approximate surface area is 290 Å². The molecule has 10 nitrogen and oxygen atoms in total. The van der Waals surface area contributed by atoms with Crippen LogP contribution in [0.25, 0.3) is 0 Å². The number of aliphatic hydroxyl groups is 1. The molecular weight excluding hydrogens is 620 g/mol. The van der Waals surface area contributed by atoms with Crippen LogP contribution >= 0.6 is 0 Å². The summed E-state index contributed by atoms with van der Waals surface area (Å²) in [6.07, 6.45) is 1.48. The summed E-state index contributed by atoms with van der Waals surface area (Å²) in [6.45, 7) is 4.84. The van der Waals surface area contributed by atoms with Crippen molar-refractivity contribution in [3.63, 3.8) is 0 Å². The Hall–Kier alpha value is -4.25. The van der Waals surface area contributed by atoms with Gasteiger partial charge in [0.15, 0.2) is 0 Å². The maximum atomic E-state index is 14.4. The van der Waals surface area contributed by atoms with Gasteiger partial charge in [0.05, 0.1) is 19.3 Å². The van der Waals surface area contributed by atoms with Gasteiger partial charge in [0.25, 0.3) is 0 Å². The van der Waals surface area contributed by atoms with Gasteiger partial charge in [-0.05, 0) is 60.4 Å². The minimum Gasteiger partial charge on any atom is -0.497 e. The first-order chi connectivity index (χ1) is 23.7. The quantitative estimate of drug-likeness (QED) is 0.153. The molecule has 10 heteroatoms. The van der Waals surface area contributed by atoms with Crippen LogP contribution in [0, 0.1) is 5.92 Å². The van der Waals surface area contributed by atoms with Crippen molar-refractivity contribution < 1.29 is 29.0 Å². The Balaban J connectivity index is 1.57. The zero-order chi connectivity index (χ0) is 35.2. The Morgan fingerprint density at radius 1 is 0.959 bits per heavy atom. The van der Waals surface area contributed by atoms with E-state index in [1.807, 2.05) is 98.8 Å². The number of aliphatic hydroxyl groups excluding tert-OH is 1. The summed E-state index contributed by atoms with van der Waals surface area (Å²) in [5, 5.41) is 20.9. The van der Waals surface area contributed by atoms with Crippen LogP contribution in [-0.4, -0.2) is 85.4 Å². The number of hydrogen-bond acceptors (Lipinski definition) is 7. The van der Waals surface area contributed by atoms with Crippen molar-refractivity contribution in [2.75, 3.05) is 33.9 Å². The molecular formula is C39H52N4O6. The van der Waals surface area contributed by atoms with Crippen LogP contribution in [0.2, 0.25) is 0 Å². The summed E-state index contributed by atoms with van der Waals surface area (Å²) < 4.78 is 10.4. The van der Waals surface area contributed by atoms with E-state index in [4.69, 9.17) is 9.47 Å². The van der Waals surface area contributed by atoms with E-state index in [1.54, 1.807) is 12.0 Å². The normalized spacial score (nSPS) is 18.4. The SMILES string of the molecule is CC[C@H](C)[C@@]1(NC(=O)COC)CCN([C@@H](CCc2ccccc2)C(=O)N[C@@H](Cc2ccccc2)[C@H](O)CNCc2cccc(OC)c2)C1=O. The number of amides is 3. The summed E-state index contributed by atoms with van der Waals surface area (Å²) in [6, 6.07) is 25.8. The molecule has 4 N–H and O–H groups in total. The molecule has 1 heterocycles. The highest BCUT2D eigenvalue weighted by Crippen LogP contribution is 2.34. The van der Waals surface area contributed by atoms with Gasteiger partial charge < -0.3 is 35.4 Å². The third-order valence-corrected chi connectivity index (χ3v) is 9.62. The topological polar surface area (TPSA) is 129 Å². The van der Waals surface area contributed by atoms with E-state index in [0.29, 0.717) is 45.2 Å². The number of rotatable bonds is 19. The minimum atomic E-state index is -1.14. The van der Waals surface area contributed by atoms with Crippen molar-refractivity contribution in [1.82, 2.24) is 20.9 Å². The maximum Gasteiger partial charge on any atom is 0.249 e. The van der Waals surface area contributed by atoms with Gasteiger partial charge in [-0.1, -0.05) is 93.1 Å². The van der Waals surface area contributed by atoms with E-state index in [9.17, 15) is 19.5 Å². The third-order valence-electron chi connectivity index (χ3n) is 9.62. The van der Waals surface area contributed by atoms with Crippen LogP contribution in [0.15, 0.2) is 84.9 Å². The predicted molar refractivity (Wildman–Crippen MR) is 190 cm³/mol. The number of benzene rings is 3. The molecule has 0 saturated carbocycles. The van der Waals surface area contributed by atoms with Crippen molar-refractivity contribution in [1.29, 1.82) is 0 Å². The average Bonchev–Trinajstić information content (AvgIpc) is 3.44. The van der Waals surface area contributed by atoms with Crippen molar-refractivity contribution in [3.05, 3.63) is 102 Å². The first-order valence-corrected chi connectivity index (χ1v) is 17.2. The molecule has 0 aromatic heterocycles. The second kappa shape index (κ2) is 18.5. The van der Waals surface area contributed by atoms with E-state index < -0.39 is 23.7 Å². The Morgan fingerprint density at radius 3 is 2.29 bits per heavy atom. The standard InChI is InChI=1S/C39H52N4O6/c1-5-28(2)39(42-36(45)27-48-3)21-22-43(38(39)47)34(20-19-29-13-8-6-9-14-29)37(46)41-33(24-30-15-10-7-11-16-30)35(44)26-40-25-31-17-12-18-32(23-31)49-4/h6-18,23,28,33-35,40,44H,5,19-22,24-27H2,1-4H3,(H,41,46)(H,42,45)/t28-,33-,34-,35+,39-/m0/s1. The first kappa shape index (κ1) is 37.6. The van der Waals surface area contributed by atoms with Crippen LogP contribution in [0.5, 0.6) is 5.75 Å². The highest BCUT2D eigenvalue weighted by atomic mass is 16.5. The van der Waals surface area contributed by atoms with Crippen LogP contribution in [-0.2, 0) is 38.5 Å². The third kappa shape index (κ3) is 10.1. The number of methoxy groups -OCH3 is 2. The van der Waals surface area contributed by atoms with Crippen LogP contribution < -0.4 is 20.7 Å². The molecule has 4 rings (SSSR count). The van der Waals surface area contributed by atoms with Crippen molar-refractivity contribution in [2.45, 2.75) is 76.2 Å². The van der Waals surface area contributed by atoms with Gasteiger partial charge in [0.2, 0.25) is 17.7 Å². The fraction of sp³-hybridized carbons (Fsp3) is 0.462. The monoisotopic (exact) mass is 672 g/mol. The highest BCUT2D eigenvalue weighted by Gasteiger charge is 2.53. The van der Waals surface area contributed by atoms with Gasteiger partial charge in [0, 0.05) is 26.7 Å². The van der Waals surface area contributed by atoms with Gasteiger partial charge in [-0.2, -0.15) is 0 Å². The van der Waals surface area contributed by atoms with E-state index >= 15 is 0 Å². The van der Waals surface area contributed by atoms with E-state index in [-0.39, 0.29) is 36.8 Å². The van der Waals surface area contributed by atoms with Gasteiger partial charge in [0.1, 0.15) is 23.9 Å². The van der Waals surface area contributed by atoms with Gasteiger partial charge in [-0.15, -0.1) is 0 Å². The summed E-state index contributed by atoms with van der Waals surface area (Å²) >= 11 is 0. The summed E-state index contributed by atoms with van der Waals surface area (Å²) in [5.41, 5.74) is 1.89. The lowest BCUT2D eigenvalue weighted by Gasteiger charge is -2.36. The largest absolute Gasteiger partial charge is 0.497 e. The van der Waals surface area contributed by atoms with Gasteiger partial charge in [-0.3, -0.25) is 14.4 Å². The zero-order valence-corrected chi connectivity index (χ0v) is 29.2. The predicted octanol–water partition coefficient (Wildman–Crippen LogP) is 3.65. The highest BCUT2D eigenvalue weighted by molar-refractivity contribution is 5.97. The minimum absolute atomic E-state index is 0.158. The smallest absolute Gasteiger partial charge is 0.249 e. The zero-order valence-electron chi connectivity index (χ0n) is 29.2. The molecule has 49 heavy (non-hydrogen) atoms. The maximum absolute atomic E-state index is 14.4. The molecule has 0 spiro atoms. The number of likely N-dealkylation sites (tertiary alicyclic amines) is 1. The lowest BCUT2D eigenvalue weighted by atomic mass is 9.81. The molecule has 5 atom stereocenters. The molecule has 0 radical (unpaired) electrons. The fourth-order valence-electron chi connectivity index (χ4n) is 6.62. The number of carbonyl (C=O) groups is 3. The van der Waals surface area contributed by atoms with Crippen LogP contribution in [0.1, 0.15) is 49.8 Å². The molecule has 0 bridgehead atoms. The Bertz CT molecular complexity index is 1490. The van der Waals surface area contributed by atoms with E-state index in [0.717, 1.165) is 22.4 Å². The molecule has 1 saturated heterocycles. The van der Waals surface area contributed by atoms with E-state index in [1.165, 1.54) is 7.11 Å². The summed E-state index contributed by atoms with van der Waals surface area (Å²) in [5.74, 6) is -0.370. The number of aryl methyl sites for hydroxylation is 1. The van der Waals surface area contributed by atoms with Crippen molar-refractivity contribution in [2.24, 2.45) is 5.92 Å². The number of nitrogens with one attached hydrogen (secondary N) is 3. The lowest BCUT2D eigenvalue weighted by molar-refractivity contribution is -0.145. The molecule has 0 aliphatic carbocycles. The first-order valence-electron chi connectivity index (χ1n) is 17.2. The van der Waals surface area contributed by atoms with E-state index in [2.05, 4.69) is 16.0 Å². The molecule has 1 aliphatic heterocycles. The number of nitrogens with zero attached hydrogens (tertiary/aromatic N) is 1. The molecule has 264 valence electrons. The van der Waals surface area contributed by atoms with Crippen molar-refractivity contribution >= 4 is 17.7 Å². The van der Waals surface area contributed by atoms with Crippen LogP contribution in [0.4, 0.5) is 0 Å².